The number of hydrogen-bond donors (Lipinski definition) is 0. The van der Waals surface area contributed by atoms with Crippen LogP contribution in [0, 0.1) is 11.3 Å². The van der Waals surface area contributed by atoms with Crippen molar-refractivity contribution >= 4 is 10.0 Å². The van der Waals surface area contributed by atoms with E-state index in [4.69, 9.17) is 5.26 Å². The van der Waals surface area contributed by atoms with Gasteiger partial charge in [-0.2, -0.15) is 35.9 Å². The van der Waals surface area contributed by atoms with Crippen LogP contribution >= 0.6 is 0 Å². The zero-order valence-electron chi connectivity index (χ0n) is 12.5. The molecule has 0 saturated heterocycles. The number of nitrogens with zero attached hydrogens (tertiary/aromatic N) is 2. The highest BCUT2D eigenvalue weighted by Crippen LogP contribution is 2.37. The molecule has 0 N–H and O–H groups in total. The van der Waals surface area contributed by atoms with Crippen molar-refractivity contribution in [1.82, 2.24) is 4.31 Å². The van der Waals surface area contributed by atoms with Crippen LogP contribution in [-0.4, -0.2) is 25.8 Å². The number of sulfonamides is 1. The zero-order chi connectivity index (χ0) is 19.5. The van der Waals surface area contributed by atoms with Gasteiger partial charge in [-0.25, -0.2) is 8.42 Å². The Balaban J connectivity index is 3.43. The summed E-state index contributed by atoms with van der Waals surface area (Å²) in [5.41, 5.74) is -3.94. The summed E-state index contributed by atoms with van der Waals surface area (Å²) < 4.78 is 102. The Morgan fingerprint density at radius 2 is 1.76 bits per heavy atom. The van der Waals surface area contributed by atoms with Crippen molar-refractivity contribution in [3.8, 4) is 6.07 Å². The third-order valence-electron chi connectivity index (χ3n) is 3.05. The van der Waals surface area contributed by atoms with Gasteiger partial charge in [-0.3, -0.25) is 0 Å². The Kier molecular flexibility index (Phi) is 6.25. The molecule has 0 atom stereocenters. The van der Waals surface area contributed by atoms with E-state index in [2.05, 4.69) is 6.58 Å². The molecule has 1 aromatic carbocycles. The maximum Gasteiger partial charge on any atom is 0.416 e. The average molecular weight is 386 g/mol. The Hall–Kier alpha value is -2.06. The highest BCUT2D eigenvalue weighted by atomic mass is 32.2. The van der Waals surface area contributed by atoms with Crippen LogP contribution in [0.15, 0.2) is 30.9 Å². The van der Waals surface area contributed by atoms with Crippen molar-refractivity contribution in [3.05, 3.63) is 47.5 Å². The average Bonchev–Trinajstić information content (AvgIpc) is 2.44. The van der Waals surface area contributed by atoms with Crippen molar-refractivity contribution in [1.29, 1.82) is 5.26 Å². The zero-order valence-corrected chi connectivity index (χ0v) is 13.3. The van der Waals surface area contributed by atoms with Crippen LogP contribution < -0.4 is 0 Å². The fraction of sp³-hybridized carbons (Fsp3) is 0.357. The van der Waals surface area contributed by atoms with Crippen molar-refractivity contribution in [2.24, 2.45) is 0 Å². The first kappa shape index (κ1) is 21.0. The lowest BCUT2D eigenvalue weighted by molar-refractivity contribution is -0.141. The molecule has 25 heavy (non-hydrogen) atoms. The Morgan fingerprint density at radius 1 is 1.16 bits per heavy atom. The molecule has 0 fully saturated rings. The predicted octanol–water partition coefficient (Wildman–Crippen LogP) is 3.57. The van der Waals surface area contributed by atoms with E-state index in [0.29, 0.717) is 4.31 Å². The van der Waals surface area contributed by atoms with Gasteiger partial charge in [0.05, 0.1) is 22.9 Å². The molecular formula is C14H12F6N2O2S. The fourth-order valence-electron chi connectivity index (χ4n) is 1.95. The van der Waals surface area contributed by atoms with E-state index < -0.39 is 51.4 Å². The molecule has 0 spiro atoms. The summed E-state index contributed by atoms with van der Waals surface area (Å²) in [4.78, 5) is 0. The van der Waals surface area contributed by atoms with Crippen LogP contribution in [0.25, 0.3) is 0 Å². The molecule has 0 aliphatic heterocycles. The van der Waals surface area contributed by atoms with Gasteiger partial charge in [0.1, 0.15) is 6.54 Å². The second-order valence-electron chi connectivity index (χ2n) is 4.86. The van der Waals surface area contributed by atoms with E-state index in [1.807, 2.05) is 0 Å². The lowest BCUT2D eigenvalue weighted by Crippen LogP contribution is -2.33. The number of halogens is 6. The van der Waals surface area contributed by atoms with Gasteiger partial charge in [-0.05, 0) is 23.8 Å². The van der Waals surface area contributed by atoms with E-state index in [9.17, 15) is 34.8 Å². The van der Waals surface area contributed by atoms with Crippen LogP contribution in [0.2, 0.25) is 0 Å². The SMILES string of the molecule is C=CCN(CC#N)S(=O)(=O)Cc1cc(C(F)(F)F)ccc1C(F)(F)F. The summed E-state index contributed by atoms with van der Waals surface area (Å²) in [5.74, 6) is -1.33. The first-order valence-corrected chi connectivity index (χ1v) is 8.17. The molecule has 0 amide bonds. The summed E-state index contributed by atoms with van der Waals surface area (Å²) in [6, 6.07) is 2.10. The van der Waals surface area contributed by atoms with Gasteiger partial charge in [0.2, 0.25) is 10.0 Å². The summed E-state index contributed by atoms with van der Waals surface area (Å²) in [5, 5.41) is 8.61. The maximum atomic E-state index is 13.0. The Labute approximate surface area is 140 Å². The molecule has 0 heterocycles. The Bertz CT molecular complexity index is 778. The molecule has 0 saturated carbocycles. The van der Waals surface area contributed by atoms with Crippen LogP contribution in [0.4, 0.5) is 26.3 Å². The molecule has 0 aliphatic carbocycles. The summed E-state index contributed by atoms with van der Waals surface area (Å²) >= 11 is 0. The summed E-state index contributed by atoms with van der Waals surface area (Å²) in [6.07, 6.45) is -8.87. The normalized spacial score (nSPS) is 12.9. The van der Waals surface area contributed by atoms with Gasteiger partial charge >= 0.3 is 12.4 Å². The Morgan fingerprint density at radius 3 is 2.20 bits per heavy atom. The quantitative estimate of drug-likeness (QED) is 0.427. The van der Waals surface area contributed by atoms with Crippen molar-refractivity contribution in [2.45, 2.75) is 18.1 Å². The molecule has 0 bridgehead atoms. The maximum absolute atomic E-state index is 13.0. The molecule has 1 aromatic rings. The van der Waals surface area contributed by atoms with Crippen LogP contribution in [0.1, 0.15) is 16.7 Å². The minimum atomic E-state index is -5.03. The number of nitriles is 1. The standard InChI is InChI=1S/C14H12F6N2O2S/c1-2-6-22(7-5-21)25(23,24)9-10-8-11(13(15,16)17)3-4-12(10)14(18,19)20/h2-4,8H,1,6-7,9H2. The van der Waals surface area contributed by atoms with Gasteiger partial charge in [-0.1, -0.05) is 6.08 Å². The smallest absolute Gasteiger partial charge is 0.212 e. The van der Waals surface area contributed by atoms with Gasteiger partial charge in [-0.15, -0.1) is 6.58 Å². The molecule has 0 unspecified atom stereocenters. The first-order chi connectivity index (χ1) is 11.3. The molecule has 0 aromatic heterocycles. The summed E-state index contributed by atoms with van der Waals surface area (Å²) in [7, 11) is -4.47. The lowest BCUT2D eigenvalue weighted by atomic mass is 10.0. The van der Waals surface area contributed by atoms with Gasteiger partial charge in [0, 0.05) is 6.54 Å². The predicted molar refractivity (Wildman–Crippen MR) is 76.5 cm³/mol. The number of benzene rings is 1. The molecular weight excluding hydrogens is 374 g/mol. The van der Waals surface area contributed by atoms with Crippen LogP contribution in [0.5, 0.6) is 0 Å². The van der Waals surface area contributed by atoms with Crippen molar-refractivity contribution in [3.63, 3.8) is 0 Å². The number of rotatable bonds is 6. The molecule has 1 rings (SSSR count). The van der Waals surface area contributed by atoms with E-state index in [1.54, 1.807) is 0 Å². The lowest BCUT2D eigenvalue weighted by Gasteiger charge is -2.20. The first-order valence-electron chi connectivity index (χ1n) is 6.56. The van der Waals surface area contributed by atoms with Gasteiger partial charge in [0.25, 0.3) is 0 Å². The van der Waals surface area contributed by atoms with Gasteiger partial charge < -0.3 is 0 Å². The highest BCUT2D eigenvalue weighted by Gasteiger charge is 2.38. The van der Waals surface area contributed by atoms with Crippen LogP contribution in [0.3, 0.4) is 0 Å². The monoisotopic (exact) mass is 386 g/mol. The number of hydrogen-bond acceptors (Lipinski definition) is 3. The number of alkyl halides is 6. The third kappa shape index (κ3) is 5.47. The van der Waals surface area contributed by atoms with Crippen LogP contribution in [-0.2, 0) is 28.1 Å². The molecule has 0 radical (unpaired) electrons. The fourth-order valence-corrected chi connectivity index (χ4v) is 3.35. The van der Waals surface area contributed by atoms with E-state index in [-0.39, 0.29) is 24.7 Å². The van der Waals surface area contributed by atoms with Gasteiger partial charge in [0.15, 0.2) is 0 Å². The minimum Gasteiger partial charge on any atom is -0.212 e. The topological polar surface area (TPSA) is 61.2 Å². The van der Waals surface area contributed by atoms with E-state index in [0.717, 1.165) is 6.08 Å². The largest absolute Gasteiger partial charge is 0.416 e. The highest BCUT2D eigenvalue weighted by molar-refractivity contribution is 7.88. The molecule has 138 valence electrons. The molecule has 4 nitrogen and oxygen atoms in total. The molecule has 0 aliphatic rings. The van der Waals surface area contributed by atoms with E-state index in [1.165, 1.54) is 6.07 Å². The van der Waals surface area contributed by atoms with Crippen molar-refractivity contribution in [2.75, 3.05) is 13.1 Å². The second-order valence-corrected chi connectivity index (χ2v) is 6.83. The minimum absolute atomic E-state index is 0.152. The summed E-state index contributed by atoms with van der Waals surface area (Å²) in [6.45, 7) is 2.23. The third-order valence-corrected chi connectivity index (χ3v) is 4.79. The molecule has 11 heteroatoms. The van der Waals surface area contributed by atoms with Crippen molar-refractivity contribution < 1.29 is 34.8 Å². The second kappa shape index (κ2) is 7.45. The van der Waals surface area contributed by atoms with E-state index >= 15 is 0 Å².